The van der Waals surface area contributed by atoms with E-state index in [1.165, 1.54) is 5.56 Å². The number of urea groups is 1. The molecule has 0 aromatic heterocycles. The Hall–Kier alpha value is -1.84. The smallest absolute Gasteiger partial charge is 0.305 e. The van der Waals surface area contributed by atoms with E-state index in [1.54, 1.807) is 4.90 Å². The summed E-state index contributed by atoms with van der Waals surface area (Å²) in [5.74, 6) is -0.0953. The lowest BCUT2D eigenvalue weighted by Gasteiger charge is -2.34. The SMILES string of the molecule is Cc1cccc(CN2C(=O)NC(=O)C23CCCCCC3)c1. The summed E-state index contributed by atoms with van der Waals surface area (Å²) in [4.78, 5) is 26.4. The average Bonchev–Trinajstić information content (AvgIpc) is 2.64. The van der Waals surface area contributed by atoms with Crippen molar-refractivity contribution in [2.45, 2.75) is 57.5 Å². The van der Waals surface area contributed by atoms with Gasteiger partial charge in [-0.15, -0.1) is 0 Å². The average molecular weight is 286 g/mol. The summed E-state index contributed by atoms with van der Waals surface area (Å²) in [6.45, 7) is 2.55. The fourth-order valence-electron chi connectivity index (χ4n) is 3.62. The Kier molecular flexibility index (Phi) is 3.70. The number of hydrogen-bond acceptors (Lipinski definition) is 2. The molecule has 1 spiro atoms. The molecule has 1 heterocycles. The van der Waals surface area contributed by atoms with Crippen LogP contribution < -0.4 is 5.32 Å². The van der Waals surface area contributed by atoms with E-state index < -0.39 is 5.54 Å². The first-order valence-corrected chi connectivity index (χ1v) is 7.80. The van der Waals surface area contributed by atoms with Crippen molar-refractivity contribution in [1.29, 1.82) is 0 Å². The minimum absolute atomic E-state index is 0.0953. The van der Waals surface area contributed by atoms with Crippen LogP contribution >= 0.6 is 0 Å². The first kappa shape index (κ1) is 14.1. The van der Waals surface area contributed by atoms with Crippen molar-refractivity contribution in [1.82, 2.24) is 10.2 Å². The summed E-state index contributed by atoms with van der Waals surface area (Å²) in [7, 11) is 0. The van der Waals surface area contributed by atoms with Gasteiger partial charge in [-0.25, -0.2) is 4.79 Å². The van der Waals surface area contributed by atoms with Crippen molar-refractivity contribution in [2.75, 3.05) is 0 Å². The number of rotatable bonds is 2. The summed E-state index contributed by atoms with van der Waals surface area (Å²) in [5, 5.41) is 2.54. The normalized spacial score (nSPS) is 21.5. The van der Waals surface area contributed by atoms with E-state index in [1.807, 2.05) is 25.1 Å². The van der Waals surface area contributed by atoms with Crippen LogP contribution in [0.5, 0.6) is 0 Å². The van der Waals surface area contributed by atoms with Crippen LogP contribution in [0.15, 0.2) is 24.3 Å². The number of amides is 3. The Morgan fingerprint density at radius 3 is 2.52 bits per heavy atom. The summed E-state index contributed by atoms with van der Waals surface area (Å²) in [6.07, 6.45) is 5.92. The van der Waals surface area contributed by atoms with E-state index in [0.717, 1.165) is 44.1 Å². The molecule has 0 bridgehead atoms. The third-order valence-corrected chi connectivity index (χ3v) is 4.76. The van der Waals surface area contributed by atoms with E-state index in [-0.39, 0.29) is 11.9 Å². The largest absolute Gasteiger partial charge is 0.325 e. The van der Waals surface area contributed by atoms with Crippen molar-refractivity contribution in [3.63, 3.8) is 0 Å². The van der Waals surface area contributed by atoms with Gasteiger partial charge in [0, 0.05) is 6.54 Å². The van der Waals surface area contributed by atoms with Gasteiger partial charge in [0.1, 0.15) is 5.54 Å². The number of nitrogens with zero attached hydrogens (tertiary/aromatic N) is 1. The summed E-state index contributed by atoms with van der Waals surface area (Å²) < 4.78 is 0. The van der Waals surface area contributed by atoms with Gasteiger partial charge < -0.3 is 4.90 Å². The van der Waals surface area contributed by atoms with Crippen molar-refractivity contribution in [3.8, 4) is 0 Å². The molecule has 3 amide bonds. The second-order valence-electron chi connectivity index (χ2n) is 6.28. The molecule has 1 saturated carbocycles. The van der Waals surface area contributed by atoms with Gasteiger partial charge in [-0.3, -0.25) is 10.1 Å². The molecule has 0 radical (unpaired) electrons. The first-order valence-electron chi connectivity index (χ1n) is 7.80. The molecule has 3 rings (SSSR count). The second kappa shape index (κ2) is 5.51. The fraction of sp³-hybridized carbons (Fsp3) is 0.529. The van der Waals surface area contributed by atoms with Gasteiger partial charge in [-0.2, -0.15) is 0 Å². The molecule has 21 heavy (non-hydrogen) atoms. The third kappa shape index (κ3) is 2.55. The number of carbonyl (C=O) groups excluding carboxylic acids is 2. The zero-order valence-electron chi connectivity index (χ0n) is 12.5. The second-order valence-corrected chi connectivity index (χ2v) is 6.28. The van der Waals surface area contributed by atoms with Gasteiger partial charge in [0.25, 0.3) is 5.91 Å². The molecule has 112 valence electrons. The quantitative estimate of drug-likeness (QED) is 0.849. The van der Waals surface area contributed by atoms with E-state index in [4.69, 9.17) is 0 Å². The van der Waals surface area contributed by atoms with Crippen LogP contribution in [-0.2, 0) is 11.3 Å². The highest BCUT2D eigenvalue weighted by molar-refractivity contribution is 6.07. The first-order chi connectivity index (χ1) is 10.1. The molecule has 1 aliphatic heterocycles. The maximum absolute atomic E-state index is 12.4. The predicted octanol–water partition coefficient (Wildman–Crippen LogP) is 3.14. The molecule has 1 aromatic carbocycles. The van der Waals surface area contributed by atoms with Crippen LogP contribution in [0.25, 0.3) is 0 Å². The van der Waals surface area contributed by atoms with Crippen molar-refractivity contribution >= 4 is 11.9 Å². The van der Waals surface area contributed by atoms with E-state index >= 15 is 0 Å². The van der Waals surface area contributed by atoms with Gasteiger partial charge in [-0.05, 0) is 25.3 Å². The van der Waals surface area contributed by atoms with E-state index in [0.29, 0.717) is 6.54 Å². The zero-order chi connectivity index (χ0) is 14.9. The van der Waals surface area contributed by atoms with Gasteiger partial charge in [0.05, 0.1) is 0 Å². The molecule has 1 aliphatic carbocycles. The minimum Gasteiger partial charge on any atom is -0.305 e. The molecule has 0 unspecified atom stereocenters. The lowest BCUT2D eigenvalue weighted by atomic mass is 9.88. The lowest BCUT2D eigenvalue weighted by molar-refractivity contribution is -0.127. The summed E-state index contributed by atoms with van der Waals surface area (Å²) >= 11 is 0. The maximum Gasteiger partial charge on any atom is 0.325 e. The maximum atomic E-state index is 12.4. The van der Waals surface area contributed by atoms with Crippen LogP contribution in [-0.4, -0.2) is 22.4 Å². The number of hydrogen-bond donors (Lipinski definition) is 1. The highest BCUT2D eigenvalue weighted by Gasteiger charge is 2.52. The number of carbonyl (C=O) groups is 2. The number of nitrogens with one attached hydrogen (secondary N) is 1. The van der Waals surface area contributed by atoms with E-state index in [2.05, 4.69) is 11.4 Å². The van der Waals surface area contributed by atoms with Gasteiger partial charge in [0.2, 0.25) is 0 Å². The number of benzene rings is 1. The van der Waals surface area contributed by atoms with Gasteiger partial charge in [-0.1, -0.05) is 55.5 Å². The van der Waals surface area contributed by atoms with Crippen molar-refractivity contribution in [2.24, 2.45) is 0 Å². The highest BCUT2D eigenvalue weighted by atomic mass is 16.2. The topological polar surface area (TPSA) is 49.4 Å². The van der Waals surface area contributed by atoms with Gasteiger partial charge in [0.15, 0.2) is 0 Å². The number of imide groups is 1. The molecule has 2 fully saturated rings. The molecular weight excluding hydrogens is 264 g/mol. The minimum atomic E-state index is -0.614. The fourth-order valence-corrected chi connectivity index (χ4v) is 3.62. The van der Waals surface area contributed by atoms with Crippen molar-refractivity contribution in [3.05, 3.63) is 35.4 Å². The van der Waals surface area contributed by atoms with E-state index in [9.17, 15) is 9.59 Å². The van der Waals surface area contributed by atoms with Crippen LogP contribution in [0.1, 0.15) is 49.7 Å². The monoisotopic (exact) mass is 286 g/mol. The predicted molar refractivity (Wildman–Crippen MR) is 80.7 cm³/mol. The zero-order valence-corrected chi connectivity index (χ0v) is 12.5. The summed E-state index contributed by atoms with van der Waals surface area (Å²) in [6, 6.07) is 7.91. The highest BCUT2D eigenvalue weighted by Crippen LogP contribution is 2.37. The third-order valence-electron chi connectivity index (χ3n) is 4.76. The Morgan fingerprint density at radius 2 is 1.86 bits per heavy atom. The summed E-state index contributed by atoms with van der Waals surface area (Å²) in [5.41, 5.74) is 1.65. The number of aryl methyl sites for hydroxylation is 1. The molecular formula is C17H22N2O2. The Bertz CT molecular complexity index is 560. The standard InChI is InChI=1S/C17H22N2O2/c1-13-7-6-8-14(11-13)12-19-16(21)18-15(20)17(19)9-4-2-3-5-10-17/h6-8,11H,2-5,9-10,12H2,1H3,(H,18,20,21). The molecule has 2 aliphatic rings. The molecule has 0 atom stereocenters. The molecule has 1 aromatic rings. The van der Waals surface area contributed by atoms with Gasteiger partial charge >= 0.3 is 6.03 Å². The molecule has 4 heteroatoms. The Balaban J connectivity index is 1.90. The molecule has 1 N–H and O–H groups in total. The Morgan fingerprint density at radius 1 is 1.14 bits per heavy atom. The van der Waals surface area contributed by atoms with Crippen LogP contribution in [0.2, 0.25) is 0 Å². The van der Waals surface area contributed by atoms with Crippen LogP contribution in [0.4, 0.5) is 4.79 Å². The molecule has 1 saturated heterocycles. The van der Waals surface area contributed by atoms with Crippen LogP contribution in [0.3, 0.4) is 0 Å². The lowest BCUT2D eigenvalue weighted by Crippen LogP contribution is -2.48. The van der Waals surface area contributed by atoms with Crippen molar-refractivity contribution < 1.29 is 9.59 Å². The Labute approximate surface area is 125 Å². The molecule has 4 nitrogen and oxygen atoms in total. The van der Waals surface area contributed by atoms with Crippen LogP contribution in [0, 0.1) is 6.92 Å².